The Morgan fingerprint density at radius 3 is 2.38 bits per heavy atom. The minimum Gasteiger partial charge on any atom is -0.338 e. The zero-order valence-electron chi connectivity index (χ0n) is 13.9. The first-order valence-corrected chi connectivity index (χ1v) is 7.80. The Labute approximate surface area is 128 Å². The van der Waals surface area contributed by atoms with Crippen LogP contribution in [0, 0.1) is 20.8 Å². The molecule has 1 heterocycles. The molecule has 0 radical (unpaired) electrons. The van der Waals surface area contributed by atoms with Crippen LogP contribution in [0.2, 0.25) is 0 Å². The molecule has 0 fully saturated rings. The van der Waals surface area contributed by atoms with Gasteiger partial charge in [0.2, 0.25) is 0 Å². The highest BCUT2D eigenvalue weighted by atomic mass is 15.0. The van der Waals surface area contributed by atoms with E-state index in [1.54, 1.807) is 0 Å². The van der Waals surface area contributed by atoms with Crippen molar-refractivity contribution in [2.24, 2.45) is 7.05 Å². The predicted molar refractivity (Wildman–Crippen MR) is 88.6 cm³/mol. The molecule has 0 spiro atoms. The smallest absolute Gasteiger partial charge is 0.108 e. The summed E-state index contributed by atoms with van der Waals surface area (Å²) in [5.74, 6) is 1.15. The van der Waals surface area contributed by atoms with E-state index in [0.717, 1.165) is 25.2 Å². The zero-order chi connectivity index (χ0) is 15.4. The number of imidazole rings is 1. The molecule has 3 heteroatoms. The van der Waals surface area contributed by atoms with Gasteiger partial charge in [-0.15, -0.1) is 0 Å². The van der Waals surface area contributed by atoms with Crippen molar-refractivity contribution in [2.45, 2.75) is 46.6 Å². The summed E-state index contributed by atoms with van der Waals surface area (Å²) in [5, 5.41) is 3.64. The van der Waals surface area contributed by atoms with Gasteiger partial charge in [-0.25, -0.2) is 4.98 Å². The van der Waals surface area contributed by atoms with E-state index in [-0.39, 0.29) is 0 Å². The van der Waals surface area contributed by atoms with Crippen molar-refractivity contribution in [3.05, 3.63) is 52.6 Å². The summed E-state index contributed by atoms with van der Waals surface area (Å²) < 4.78 is 2.11. The van der Waals surface area contributed by atoms with E-state index in [4.69, 9.17) is 0 Å². The average Bonchev–Trinajstić information content (AvgIpc) is 2.80. The third kappa shape index (κ3) is 3.73. The van der Waals surface area contributed by atoms with Gasteiger partial charge in [-0.1, -0.05) is 24.6 Å². The van der Waals surface area contributed by atoms with E-state index < -0.39 is 0 Å². The largest absolute Gasteiger partial charge is 0.338 e. The Balaban J connectivity index is 2.21. The van der Waals surface area contributed by atoms with Crippen LogP contribution >= 0.6 is 0 Å². The summed E-state index contributed by atoms with van der Waals surface area (Å²) in [6.45, 7) is 9.77. The van der Waals surface area contributed by atoms with Crippen molar-refractivity contribution in [2.75, 3.05) is 6.54 Å². The molecule has 2 rings (SSSR count). The topological polar surface area (TPSA) is 29.9 Å². The molecule has 0 bridgehead atoms. The zero-order valence-corrected chi connectivity index (χ0v) is 13.9. The molecule has 0 aliphatic rings. The molecule has 1 atom stereocenters. The maximum atomic E-state index is 4.44. The first-order chi connectivity index (χ1) is 10.0. The van der Waals surface area contributed by atoms with E-state index in [2.05, 4.69) is 61.7 Å². The fourth-order valence-electron chi connectivity index (χ4n) is 3.25. The highest BCUT2D eigenvalue weighted by Gasteiger charge is 2.16. The van der Waals surface area contributed by atoms with Crippen LogP contribution < -0.4 is 5.32 Å². The lowest BCUT2D eigenvalue weighted by Crippen LogP contribution is -2.23. The molecule has 3 nitrogen and oxygen atoms in total. The van der Waals surface area contributed by atoms with Gasteiger partial charge in [-0.3, -0.25) is 0 Å². The number of nitrogens with one attached hydrogen (secondary N) is 1. The fraction of sp³-hybridized carbons (Fsp3) is 0.500. The molecular weight excluding hydrogens is 258 g/mol. The lowest BCUT2D eigenvalue weighted by molar-refractivity contribution is 0.501. The minimum atomic E-state index is 0.396. The van der Waals surface area contributed by atoms with Crippen LogP contribution in [0.1, 0.15) is 47.5 Å². The molecule has 1 N–H and O–H groups in total. The van der Waals surface area contributed by atoms with Gasteiger partial charge in [0.1, 0.15) is 5.82 Å². The lowest BCUT2D eigenvalue weighted by Gasteiger charge is -2.23. The minimum absolute atomic E-state index is 0.396. The van der Waals surface area contributed by atoms with Gasteiger partial charge in [0.15, 0.2) is 0 Å². The number of benzene rings is 1. The second-order valence-electron chi connectivity index (χ2n) is 5.92. The summed E-state index contributed by atoms with van der Waals surface area (Å²) in [5.41, 5.74) is 5.57. The van der Waals surface area contributed by atoms with Gasteiger partial charge < -0.3 is 9.88 Å². The SMILES string of the molecule is CCNC(CCc1nccn1C)c1c(C)cc(C)cc1C. The monoisotopic (exact) mass is 285 g/mol. The molecule has 1 unspecified atom stereocenters. The normalized spacial score (nSPS) is 12.6. The summed E-state index contributed by atoms with van der Waals surface area (Å²) >= 11 is 0. The number of aryl methyl sites for hydroxylation is 5. The Bertz CT molecular complexity index is 575. The van der Waals surface area contributed by atoms with E-state index >= 15 is 0 Å². The average molecular weight is 285 g/mol. The molecule has 2 aromatic rings. The Kier molecular flexibility index (Phi) is 5.18. The van der Waals surface area contributed by atoms with Gasteiger partial charge in [0, 0.05) is 31.9 Å². The molecule has 114 valence electrons. The van der Waals surface area contributed by atoms with E-state index in [9.17, 15) is 0 Å². The highest BCUT2D eigenvalue weighted by molar-refractivity contribution is 5.39. The Morgan fingerprint density at radius 1 is 1.19 bits per heavy atom. The van der Waals surface area contributed by atoms with Crippen molar-refractivity contribution < 1.29 is 0 Å². The maximum absolute atomic E-state index is 4.44. The first-order valence-electron chi connectivity index (χ1n) is 7.80. The summed E-state index contributed by atoms with van der Waals surface area (Å²) in [4.78, 5) is 4.44. The van der Waals surface area contributed by atoms with E-state index in [0.29, 0.717) is 6.04 Å². The van der Waals surface area contributed by atoms with Gasteiger partial charge in [-0.05, 0) is 50.4 Å². The molecule has 0 aliphatic heterocycles. The molecule has 0 saturated heterocycles. The van der Waals surface area contributed by atoms with Crippen LogP contribution in [0.25, 0.3) is 0 Å². The van der Waals surface area contributed by atoms with Crippen molar-refractivity contribution in [1.82, 2.24) is 14.9 Å². The molecule has 0 saturated carbocycles. The van der Waals surface area contributed by atoms with Crippen LogP contribution in [0.4, 0.5) is 0 Å². The predicted octanol–water partition coefficient (Wildman–Crippen LogP) is 3.63. The second-order valence-corrected chi connectivity index (χ2v) is 5.92. The number of aromatic nitrogens is 2. The van der Waals surface area contributed by atoms with Crippen molar-refractivity contribution >= 4 is 0 Å². The third-order valence-electron chi connectivity index (χ3n) is 4.11. The van der Waals surface area contributed by atoms with Gasteiger partial charge in [0.05, 0.1) is 0 Å². The molecular formula is C18H27N3. The quantitative estimate of drug-likeness (QED) is 0.878. The van der Waals surface area contributed by atoms with Crippen LogP contribution in [0.15, 0.2) is 24.5 Å². The summed E-state index contributed by atoms with van der Waals surface area (Å²) in [6, 6.07) is 4.97. The number of nitrogens with zero attached hydrogens (tertiary/aromatic N) is 2. The van der Waals surface area contributed by atoms with Crippen LogP contribution in [-0.2, 0) is 13.5 Å². The molecule has 1 aromatic carbocycles. The number of rotatable bonds is 6. The van der Waals surface area contributed by atoms with Crippen LogP contribution in [0.5, 0.6) is 0 Å². The Morgan fingerprint density at radius 2 is 1.86 bits per heavy atom. The van der Waals surface area contributed by atoms with Gasteiger partial charge in [-0.2, -0.15) is 0 Å². The highest BCUT2D eigenvalue weighted by Crippen LogP contribution is 2.27. The van der Waals surface area contributed by atoms with E-state index in [1.807, 2.05) is 12.4 Å². The van der Waals surface area contributed by atoms with E-state index in [1.165, 1.54) is 22.3 Å². The summed E-state index contributed by atoms with van der Waals surface area (Å²) in [6.07, 6.45) is 5.96. The first kappa shape index (κ1) is 15.8. The van der Waals surface area contributed by atoms with Gasteiger partial charge in [0.25, 0.3) is 0 Å². The maximum Gasteiger partial charge on any atom is 0.108 e. The van der Waals surface area contributed by atoms with Crippen molar-refractivity contribution in [1.29, 1.82) is 0 Å². The van der Waals surface area contributed by atoms with Crippen molar-refractivity contribution in [3.8, 4) is 0 Å². The second kappa shape index (κ2) is 6.90. The van der Waals surface area contributed by atoms with Gasteiger partial charge >= 0.3 is 0 Å². The summed E-state index contributed by atoms with van der Waals surface area (Å²) in [7, 11) is 2.06. The number of hydrogen-bond acceptors (Lipinski definition) is 2. The Hall–Kier alpha value is -1.61. The van der Waals surface area contributed by atoms with Crippen LogP contribution in [-0.4, -0.2) is 16.1 Å². The molecule has 1 aromatic heterocycles. The molecule has 0 amide bonds. The molecule has 0 aliphatic carbocycles. The van der Waals surface area contributed by atoms with Crippen molar-refractivity contribution in [3.63, 3.8) is 0 Å². The standard InChI is InChI=1S/C18H27N3/c1-6-19-16(7-8-17-20-9-10-21(17)5)18-14(3)11-13(2)12-15(18)4/h9-12,16,19H,6-8H2,1-5H3. The molecule has 21 heavy (non-hydrogen) atoms. The number of hydrogen-bond donors (Lipinski definition) is 1. The fourth-order valence-corrected chi connectivity index (χ4v) is 3.25. The van der Waals surface area contributed by atoms with Crippen LogP contribution in [0.3, 0.4) is 0 Å². The lowest BCUT2D eigenvalue weighted by atomic mass is 9.91. The third-order valence-corrected chi connectivity index (χ3v) is 4.11.